The molecule has 1 amide bonds. The van der Waals surface area contributed by atoms with Gasteiger partial charge in [-0.25, -0.2) is 9.37 Å². The third-order valence-electron chi connectivity index (χ3n) is 7.58. The van der Waals surface area contributed by atoms with E-state index in [9.17, 15) is 9.18 Å². The first-order valence-corrected chi connectivity index (χ1v) is 13.3. The van der Waals surface area contributed by atoms with Gasteiger partial charge in [0.25, 0.3) is 5.91 Å². The fourth-order valence-electron chi connectivity index (χ4n) is 5.30. The minimum atomic E-state index is -0.290. The molecule has 38 heavy (non-hydrogen) atoms. The summed E-state index contributed by atoms with van der Waals surface area (Å²) in [5.41, 5.74) is 3.34. The van der Waals surface area contributed by atoms with Gasteiger partial charge in [-0.2, -0.15) is 5.26 Å². The van der Waals surface area contributed by atoms with Gasteiger partial charge in [-0.3, -0.25) is 14.6 Å². The number of carbonyl (C=O) groups excluding carboxylic acids is 1. The Kier molecular flexibility index (Phi) is 8.27. The molecule has 196 valence electrons. The van der Waals surface area contributed by atoms with Crippen molar-refractivity contribution in [3.63, 3.8) is 0 Å². The molecule has 0 radical (unpaired) electrons. The number of nitrogens with one attached hydrogen (secondary N) is 1. The zero-order chi connectivity index (χ0) is 26.3. The van der Waals surface area contributed by atoms with Crippen LogP contribution in [0.25, 0.3) is 0 Å². The Bertz CT molecular complexity index is 1240. The third kappa shape index (κ3) is 6.55. The standard InChI is InChI=1S/C30H33FN6O/c31-27-8-5-24(6-9-27)20-34-30(38)26-7-10-29(33-21-26)37-17-15-36(16-18-37)28-11-13-35(14-12-28)22-25-3-1-23(19-32)2-4-25/h1-10,21,28H,11-18,20,22H2,(H,34,38). The van der Waals surface area contributed by atoms with Crippen molar-refractivity contribution >= 4 is 11.7 Å². The highest BCUT2D eigenvalue weighted by Crippen LogP contribution is 2.22. The number of anilines is 1. The Hall–Kier alpha value is -3.80. The number of likely N-dealkylation sites (tertiary alicyclic amines) is 1. The maximum Gasteiger partial charge on any atom is 0.253 e. The highest BCUT2D eigenvalue weighted by atomic mass is 19.1. The molecule has 3 aromatic rings. The summed E-state index contributed by atoms with van der Waals surface area (Å²) in [7, 11) is 0. The Morgan fingerprint density at radius 2 is 1.61 bits per heavy atom. The average molecular weight is 513 g/mol. The lowest BCUT2D eigenvalue weighted by atomic mass is 10.0. The second-order valence-electron chi connectivity index (χ2n) is 10.1. The van der Waals surface area contributed by atoms with Crippen molar-refractivity contribution in [2.45, 2.75) is 32.0 Å². The number of amides is 1. The lowest BCUT2D eigenvalue weighted by molar-refractivity contribution is 0.0950. The zero-order valence-electron chi connectivity index (χ0n) is 21.5. The van der Waals surface area contributed by atoms with Gasteiger partial charge in [0.05, 0.1) is 17.2 Å². The van der Waals surface area contributed by atoms with E-state index in [0.717, 1.165) is 57.2 Å². The van der Waals surface area contributed by atoms with Crippen molar-refractivity contribution < 1.29 is 9.18 Å². The lowest BCUT2D eigenvalue weighted by Crippen LogP contribution is -2.53. The summed E-state index contributed by atoms with van der Waals surface area (Å²) in [6.45, 7) is 7.36. The number of rotatable bonds is 7. The van der Waals surface area contributed by atoms with Gasteiger partial charge in [-0.05, 0) is 73.5 Å². The Labute approximate surface area is 223 Å². The first-order valence-electron chi connectivity index (χ1n) is 13.3. The van der Waals surface area contributed by atoms with Crippen LogP contribution in [0.4, 0.5) is 10.2 Å². The van der Waals surface area contributed by atoms with E-state index in [1.54, 1.807) is 18.3 Å². The van der Waals surface area contributed by atoms with Crippen molar-refractivity contribution in [2.24, 2.45) is 0 Å². The summed E-state index contributed by atoms with van der Waals surface area (Å²) >= 11 is 0. The molecule has 1 aromatic heterocycles. The first-order chi connectivity index (χ1) is 18.6. The van der Waals surface area contributed by atoms with E-state index in [-0.39, 0.29) is 11.7 Å². The summed E-state index contributed by atoms with van der Waals surface area (Å²) in [5, 5.41) is 11.8. The smallest absolute Gasteiger partial charge is 0.253 e. The number of piperazine rings is 1. The van der Waals surface area contributed by atoms with Crippen molar-refractivity contribution in [3.05, 3.63) is 94.9 Å². The fourth-order valence-corrected chi connectivity index (χ4v) is 5.30. The van der Waals surface area contributed by atoms with Crippen LogP contribution in [0.1, 0.15) is 39.9 Å². The monoisotopic (exact) mass is 512 g/mol. The largest absolute Gasteiger partial charge is 0.354 e. The number of aromatic nitrogens is 1. The number of hydrogen-bond acceptors (Lipinski definition) is 6. The van der Waals surface area contributed by atoms with E-state index in [0.29, 0.717) is 23.7 Å². The number of carbonyl (C=O) groups is 1. The number of piperidine rings is 1. The molecule has 0 atom stereocenters. The van der Waals surface area contributed by atoms with Gasteiger partial charge in [0.2, 0.25) is 0 Å². The normalized spacial score (nSPS) is 17.2. The van der Waals surface area contributed by atoms with E-state index in [1.165, 1.54) is 30.5 Å². The molecule has 5 rings (SSSR count). The Morgan fingerprint density at radius 3 is 2.24 bits per heavy atom. The molecule has 2 saturated heterocycles. The average Bonchev–Trinajstić information content (AvgIpc) is 2.98. The summed E-state index contributed by atoms with van der Waals surface area (Å²) < 4.78 is 13.0. The van der Waals surface area contributed by atoms with Crippen LogP contribution in [-0.2, 0) is 13.1 Å². The molecule has 7 nitrogen and oxygen atoms in total. The highest BCUT2D eigenvalue weighted by Gasteiger charge is 2.28. The molecule has 0 bridgehead atoms. The van der Waals surface area contributed by atoms with Gasteiger partial charge in [0.1, 0.15) is 11.6 Å². The van der Waals surface area contributed by atoms with Crippen LogP contribution in [0.5, 0.6) is 0 Å². The molecule has 2 aliphatic rings. The van der Waals surface area contributed by atoms with E-state index in [1.807, 2.05) is 24.3 Å². The van der Waals surface area contributed by atoms with Gasteiger partial charge >= 0.3 is 0 Å². The van der Waals surface area contributed by atoms with Crippen molar-refractivity contribution in [1.82, 2.24) is 20.1 Å². The molecule has 2 aromatic carbocycles. The minimum Gasteiger partial charge on any atom is -0.354 e. The summed E-state index contributed by atoms with van der Waals surface area (Å²) in [6.07, 6.45) is 3.98. The molecule has 2 fully saturated rings. The molecular formula is C30H33FN6O. The molecular weight excluding hydrogens is 479 g/mol. The number of nitrogens with zero attached hydrogens (tertiary/aromatic N) is 5. The maximum absolute atomic E-state index is 13.0. The second kappa shape index (κ2) is 12.2. The Morgan fingerprint density at radius 1 is 0.921 bits per heavy atom. The first kappa shape index (κ1) is 25.8. The van der Waals surface area contributed by atoms with Gasteiger partial charge in [-0.1, -0.05) is 24.3 Å². The van der Waals surface area contributed by atoms with Gasteiger partial charge in [-0.15, -0.1) is 0 Å². The van der Waals surface area contributed by atoms with Crippen molar-refractivity contribution in [1.29, 1.82) is 5.26 Å². The lowest BCUT2D eigenvalue weighted by Gasteiger charge is -2.43. The summed E-state index contributed by atoms with van der Waals surface area (Å²) in [5.74, 6) is 0.419. The number of benzene rings is 2. The van der Waals surface area contributed by atoms with Crippen molar-refractivity contribution in [3.8, 4) is 6.07 Å². The van der Waals surface area contributed by atoms with Crippen LogP contribution in [-0.4, -0.2) is 66.0 Å². The molecule has 0 spiro atoms. The summed E-state index contributed by atoms with van der Waals surface area (Å²) in [4.78, 5) is 24.5. The van der Waals surface area contributed by atoms with Gasteiger partial charge < -0.3 is 10.2 Å². The molecule has 2 aliphatic heterocycles. The van der Waals surface area contributed by atoms with Crippen LogP contribution in [0.15, 0.2) is 66.9 Å². The number of pyridine rings is 1. The molecule has 8 heteroatoms. The van der Waals surface area contributed by atoms with E-state index >= 15 is 0 Å². The van der Waals surface area contributed by atoms with E-state index < -0.39 is 0 Å². The van der Waals surface area contributed by atoms with Crippen LogP contribution in [0.2, 0.25) is 0 Å². The molecule has 0 unspecified atom stereocenters. The van der Waals surface area contributed by atoms with Crippen LogP contribution in [0, 0.1) is 17.1 Å². The number of halogens is 1. The fraction of sp³-hybridized carbons (Fsp3) is 0.367. The zero-order valence-corrected chi connectivity index (χ0v) is 21.5. The van der Waals surface area contributed by atoms with Crippen LogP contribution in [0.3, 0.4) is 0 Å². The number of hydrogen-bond donors (Lipinski definition) is 1. The molecule has 0 aliphatic carbocycles. The molecule has 3 heterocycles. The maximum atomic E-state index is 13.0. The van der Waals surface area contributed by atoms with Crippen LogP contribution < -0.4 is 10.2 Å². The quantitative estimate of drug-likeness (QED) is 0.519. The van der Waals surface area contributed by atoms with Gasteiger partial charge in [0.15, 0.2) is 0 Å². The second-order valence-corrected chi connectivity index (χ2v) is 10.1. The van der Waals surface area contributed by atoms with Crippen molar-refractivity contribution in [2.75, 3.05) is 44.2 Å². The Balaban J connectivity index is 1.05. The summed E-state index contributed by atoms with van der Waals surface area (Å²) in [6, 6.07) is 20.6. The predicted octanol–water partition coefficient (Wildman–Crippen LogP) is 3.81. The molecule has 1 N–H and O–H groups in total. The van der Waals surface area contributed by atoms with Crippen LogP contribution >= 0.6 is 0 Å². The highest BCUT2D eigenvalue weighted by molar-refractivity contribution is 5.94. The predicted molar refractivity (Wildman–Crippen MR) is 145 cm³/mol. The van der Waals surface area contributed by atoms with E-state index in [2.05, 4.69) is 43.2 Å². The topological polar surface area (TPSA) is 75.5 Å². The number of nitriles is 1. The minimum absolute atomic E-state index is 0.191. The van der Waals surface area contributed by atoms with E-state index in [4.69, 9.17) is 5.26 Å². The molecule has 0 saturated carbocycles. The third-order valence-corrected chi connectivity index (χ3v) is 7.58. The SMILES string of the molecule is N#Cc1ccc(CN2CCC(N3CCN(c4ccc(C(=O)NCc5ccc(F)cc5)cn4)CC3)CC2)cc1. The van der Waals surface area contributed by atoms with Gasteiger partial charge in [0, 0.05) is 51.5 Å².